The number of hydrogen-bond acceptors (Lipinski definition) is 4. The molecule has 5 heteroatoms. The molecule has 0 bridgehead atoms. The molecule has 1 heterocycles. The number of likely N-dealkylation sites (N-methyl/N-ethyl adjacent to an activating group) is 1. The SMILES string of the molecule is CCN1CCCCC1CNc1ccccc1S(C)(=O)=O. The van der Waals surface area contributed by atoms with E-state index in [0.717, 1.165) is 25.3 Å². The van der Waals surface area contributed by atoms with Crippen molar-refractivity contribution >= 4 is 15.5 Å². The average Bonchev–Trinajstić information content (AvgIpc) is 2.44. The molecular weight excluding hydrogens is 272 g/mol. The summed E-state index contributed by atoms with van der Waals surface area (Å²) in [5, 5.41) is 3.33. The van der Waals surface area contributed by atoms with Gasteiger partial charge < -0.3 is 5.32 Å². The molecule has 0 aromatic heterocycles. The molecule has 1 aromatic rings. The molecule has 1 aliphatic heterocycles. The summed E-state index contributed by atoms with van der Waals surface area (Å²) in [6.07, 6.45) is 4.97. The number of para-hydroxylation sites is 1. The average molecular weight is 296 g/mol. The van der Waals surface area contributed by atoms with Crippen LogP contribution in [0.2, 0.25) is 0 Å². The van der Waals surface area contributed by atoms with Crippen molar-refractivity contribution in [1.82, 2.24) is 4.90 Å². The van der Waals surface area contributed by atoms with Crippen LogP contribution in [-0.4, -0.2) is 45.2 Å². The van der Waals surface area contributed by atoms with Crippen LogP contribution in [0.5, 0.6) is 0 Å². The number of nitrogens with one attached hydrogen (secondary N) is 1. The minimum absolute atomic E-state index is 0.388. The summed E-state index contributed by atoms with van der Waals surface area (Å²) in [6.45, 7) is 5.19. The standard InChI is InChI=1S/C15H24N2O2S/c1-3-17-11-7-6-8-13(17)12-16-14-9-4-5-10-15(14)20(2,18)19/h4-5,9-10,13,16H,3,6-8,11-12H2,1-2H3. The highest BCUT2D eigenvalue weighted by molar-refractivity contribution is 7.90. The van der Waals surface area contributed by atoms with Crippen LogP contribution in [0.25, 0.3) is 0 Å². The van der Waals surface area contributed by atoms with E-state index in [2.05, 4.69) is 17.1 Å². The third kappa shape index (κ3) is 3.73. The van der Waals surface area contributed by atoms with Crippen LogP contribution in [0.15, 0.2) is 29.2 Å². The van der Waals surface area contributed by atoms with E-state index in [-0.39, 0.29) is 0 Å². The van der Waals surface area contributed by atoms with Gasteiger partial charge in [-0.15, -0.1) is 0 Å². The van der Waals surface area contributed by atoms with Crippen LogP contribution in [-0.2, 0) is 9.84 Å². The second-order valence-electron chi connectivity index (χ2n) is 5.43. The maximum absolute atomic E-state index is 11.8. The van der Waals surface area contributed by atoms with Gasteiger partial charge in [0.1, 0.15) is 0 Å². The third-order valence-corrected chi connectivity index (χ3v) is 5.12. The van der Waals surface area contributed by atoms with E-state index in [4.69, 9.17) is 0 Å². The molecule has 1 saturated heterocycles. The van der Waals surface area contributed by atoms with Gasteiger partial charge >= 0.3 is 0 Å². The lowest BCUT2D eigenvalue weighted by Crippen LogP contribution is -2.43. The molecule has 20 heavy (non-hydrogen) atoms. The molecule has 1 atom stereocenters. The molecule has 1 unspecified atom stereocenters. The monoisotopic (exact) mass is 296 g/mol. The van der Waals surface area contributed by atoms with Crippen molar-refractivity contribution in [2.24, 2.45) is 0 Å². The van der Waals surface area contributed by atoms with Crippen LogP contribution < -0.4 is 5.32 Å². The molecule has 0 radical (unpaired) electrons. The second-order valence-corrected chi connectivity index (χ2v) is 7.41. The first-order valence-corrected chi connectivity index (χ1v) is 9.18. The molecule has 1 N–H and O–H groups in total. The zero-order valence-corrected chi connectivity index (χ0v) is 13.1. The Bertz CT molecular complexity index is 543. The Balaban J connectivity index is 2.07. The Morgan fingerprint density at radius 1 is 1.30 bits per heavy atom. The number of rotatable bonds is 5. The van der Waals surface area contributed by atoms with E-state index in [9.17, 15) is 8.42 Å². The minimum Gasteiger partial charge on any atom is -0.382 e. The highest BCUT2D eigenvalue weighted by Crippen LogP contribution is 2.22. The zero-order valence-electron chi connectivity index (χ0n) is 12.3. The van der Waals surface area contributed by atoms with Gasteiger partial charge in [-0.05, 0) is 38.1 Å². The van der Waals surface area contributed by atoms with Gasteiger partial charge in [-0.1, -0.05) is 25.5 Å². The maximum atomic E-state index is 11.8. The summed E-state index contributed by atoms with van der Waals surface area (Å²) in [4.78, 5) is 2.86. The molecule has 0 amide bonds. The smallest absolute Gasteiger partial charge is 0.177 e. The van der Waals surface area contributed by atoms with E-state index in [1.807, 2.05) is 12.1 Å². The Morgan fingerprint density at radius 2 is 2.05 bits per heavy atom. The number of piperidine rings is 1. The van der Waals surface area contributed by atoms with Crippen LogP contribution in [0, 0.1) is 0 Å². The predicted octanol–water partition coefficient (Wildman–Crippen LogP) is 2.38. The molecule has 0 saturated carbocycles. The first-order valence-electron chi connectivity index (χ1n) is 7.29. The Morgan fingerprint density at radius 3 is 2.75 bits per heavy atom. The molecule has 2 rings (SSSR count). The van der Waals surface area contributed by atoms with Gasteiger partial charge in [0.2, 0.25) is 0 Å². The van der Waals surface area contributed by atoms with E-state index in [1.165, 1.54) is 25.5 Å². The molecule has 0 spiro atoms. The van der Waals surface area contributed by atoms with Gasteiger partial charge in [0.15, 0.2) is 9.84 Å². The van der Waals surface area contributed by atoms with Crippen LogP contribution >= 0.6 is 0 Å². The van der Waals surface area contributed by atoms with Crippen LogP contribution in [0.4, 0.5) is 5.69 Å². The lowest BCUT2D eigenvalue weighted by molar-refractivity contribution is 0.164. The summed E-state index contributed by atoms with van der Waals surface area (Å²) in [7, 11) is -3.18. The van der Waals surface area contributed by atoms with E-state index < -0.39 is 9.84 Å². The molecule has 0 aliphatic carbocycles. The normalized spacial score (nSPS) is 20.8. The predicted molar refractivity (Wildman–Crippen MR) is 82.9 cm³/mol. The van der Waals surface area contributed by atoms with Crippen molar-refractivity contribution in [2.75, 3.05) is 31.2 Å². The van der Waals surface area contributed by atoms with Crippen LogP contribution in [0.3, 0.4) is 0 Å². The number of sulfone groups is 1. The maximum Gasteiger partial charge on any atom is 0.177 e. The lowest BCUT2D eigenvalue weighted by Gasteiger charge is -2.35. The fourth-order valence-corrected chi connectivity index (χ4v) is 3.74. The third-order valence-electron chi connectivity index (χ3n) is 3.97. The first kappa shape index (κ1) is 15.3. The molecule has 4 nitrogen and oxygen atoms in total. The largest absolute Gasteiger partial charge is 0.382 e. The van der Waals surface area contributed by atoms with Gasteiger partial charge in [0, 0.05) is 18.8 Å². The zero-order chi connectivity index (χ0) is 14.6. The van der Waals surface area contributed by atoms with Gasteiger partial charge in [0.05, 0.1) is 10.6 Å². The van der Waals surface area contributed by atoms with Crippen molar-refractivity contribution in [3.05, 3.63) is 24.3 Å². The van der Waals surface area contributed by atoms with Crippen molar-refractivity contribution < 1.29 is 8.42 Å². The fourth-order valence-electron chi connectivity index (χ4n) is 2.87. The summed E-state index contributed by atoms with van der Waals surface area (Å²) in [5.74, 6) is 0. The number of likely N-dealkylation sites (tertiary alicyclic amines) is 1. The molecule has 1 aliphatic rings. The molecule has 1 aromatic carbocycles. The van der Waals surface area contributed by atoms with E-state index in [1.54, 1.807) is 12.1 Å². The first-order chi connectivity index (χ1) is 9.52. The topological polar surface area (TPSA) is 49.4 Å². The lowest BCUT2D eigenvalue weighted by atomic mass is 10.0. The summed E-state index contributed by atoms with van der Waals surface area (Å²) < 4.78 is 23.5. The number of benzene rings is 1. The number of hydrogen-bond donors (Lipinski definition) is 1. The van der Waals surface area contributed by atoms with Gasteiger partial charge in [-0.3, -0.25) is 4.90 Å². The summed E-state index contributed by atoms with van der Waals surface area (Å²) >= 11 is 0. The summed E-state index contributed by atoms with van der Waals surface area (Å²) in [6, 6.07) is 7.64. The van der Waals surface area contributed by atoms with Crippen molar-refractivity contribution in [2.45, 2.75) is 37.1 Å². The van der Waals surface area contributed by atoms with E-state index in [0.29, 0.717) is 10.9 Å². The summed E-state index contributed by atoms with van der Waals surface area (Å²) in [5.41, 5.74) is 0.719. The Kier molecular flexibility index (Phi) is 5.05. The van der Waals surface area contributed by atoms with Gasteiger partial charge in [-0.2, -0.15) is 0 Å². The fraction of sp³-hybridized carbons (Fsp3) is 0.600. The Labute approximate surface area is 122 Å². The van der Waals surface area contributed by atoms with Crippen molar-refractivity contribution in [3.8, 4) is 0 Å². The van der Waals surface area contributed by atoms with Crippen molar-refractivity contribution in [1.29, 1.82) is 0 Å². The Hall–Kier alpha value is -1.07. The van der Waals surface area contributed by atoms with Gasteiger partial charge in [0.25, 0.3) is 0 Å². The van der Waals surface area contributed by atoms with Crippen molar-refractivity contribution in [3.63, 3.8) is 0 Å². The second kappa shape index (κ2) is 6.59. The quantitative estimate of drug-likeness (QED) is 0.906. The molecule has 112 valence electrons. The highest BCUT2D eigenvalue weighted by Gasteiger charge is 2.21. The molecule has 1 fully saturated rings. The highest BCUT2D eigenvalue weighted by atomic mass is 32.2. The van der Waals surface area contributed by atoms with Gasteiger partial charge in [-0.25, -0.2) is 8.42 Å². The van der Waals surface area contributed by atoms with Crippen LogP contribution in [0.1, 0.15) is 26.2 Å². The number of nitrogens with zero attached hydrogens (tertiary/aromatic N) is 1. The molecular formula is C15H24N2O2S. The van der Waals surface area contributed by atoms with E-state index >= 15 is 0 Å². The minimum atomic E-state index is -3.18. The number of anilines is 1.